The van der Waals surface area contributed by atoms with Crippen molar-refractivity contribution in [3.8, 4) is 17.6 Å². The largest absolute Gasteiger partial charge is 0.494 e. The predicted octanol–water partition coefficient (Wildman–Crippen LogP) is 8.55. The summed E-state index contributed by atoms with van der Waals surface area (Å²) in [4.78, 5) is 11.1. The fourth-order valence-corrected chi connectivity index (χ4v) is 5.38. The van der Waals surface area contributed by atoms with Crippen LogP contribution in [0.4, 0.5) is 8.78 Å². The quantitative estimate of drug-likeness (QED) is 0.129. The average molecular weight is 572 g/mol. The lowest BCUT2D eigenvalue weighted by Crippen LogP contribution is -2.05. The minimum atomic E-state index is -0.840. The fraction of sp³-hybridized carbons (Fsp3) is 0.361. The van der Waals surface area contributed by atoms with E-state index in [1.54, 1.807) is 12.1 Å². The molecule has 6 heteroatoms. The first-order chi connectivity index (χ1) is 20.3. The van der Waals surface area contributed by atoms with E-state index in [2.05, 4.69) is 18.8 Å². The van der Waals surface area contributed by atoms with Crippen LogP contribution in [-0.2, 0) is 24.2 Å². The molecule has 42 heavy (non-hydrogen) atoms. The molecule has 1 aromatic heterocycles. The van der Waals surface area contributed by atoms with Crippen molar-refractivity contribution in [2.75, 3.05) is 6.61 Å². The number of hydrogen-bond acceptors (Lipinski definition) is 2. The molecule has 0 radical (unpaired) electrons. The Morgan fingerprint density at radius 2 is 1.69 bits per heavy atom. The van der Waals surface area contributed by atoms with Crippen molar-refractivity contribution in [2.45, 2.75) is 78.7 Å². The third kappa shape index (κ3) is 7.59. The number of aromatic nitrogens is 1. The second-order valence-corrected chi connectivity index (χ2v) is 10.7. The van der Waals surface area contributed by atoms with E-state index < -0.39 is 5.97 Å². The SMILES string of the molecule is CCCCc1c(C)n(CCCC(=O)O)c2c(C#Cc3ccc(OCCCCc4cccc(F)c4C)cc3)ccc(F)c12. The molecular formula is C36H39F2NO3. The number of unbranched alkanes of at least 4 members (excludes halogenated alkanes) is 2. The predicted molar refractivity (Wildman–Crippen MR) is 164 cm³/mol. The number of nitrogens with zero attached hydrogens (tertiary/aromatic N) is 1. The number of benzene rings is 3. The molecule has 0 spiro atoms. The van der Waals surface area contributed by atoms with Crippen LogP contribution in [0, 0.1) is 37.3 Å². The number of carboxylic acids is 1. The molecule has 0 amide bonds. The van der Waals surface area contributed by atoms with Crippen LogP contribution < -0.4 is 4.74 Å². The zero-order valence-electron chi connectivity index (χ0n) is 24.7. The molecule has 1 N–H and O–H groups in total. The first-order valence-electron chi connectivity index (χ1n) is 14.8. The number of ether oxygens (including phenoxy) is 1. The molecule has 0 bridgehead atoms. The highest BCUT2D eigenvalue weighted by molar-refractivity contribution is 5.91. The summed E-state index contributed by atoms with van der Waals surface area (Å²) in [6.07, 6.45) is 5.84. The van der Waals surface area contributed by atoms with Crippen LogP contribution >= 0.6 is 0 Å². The number of fused-ring (bicyclic) bond motifs is 1. The second-order valence-electron chi connectivity index (χ2n) is 10.7. The van der Waals surface area contributed by atoms with Crippen molar-refractivity contribution >= 4 is 16.9 Å². The van der Waals surface area contributed by atoms with Gasteiger partial charge in [-0.2, -0.15) is 0 Å². The molecule has 3 aromatic carbocycles. The van der Waals surface area contributed by atoms with Gasteiger partial charge in [0.25, 0.3) is 0 Å². The summed E-state index contributed by atoms with van der Waals surface area (Å²) < 4.78 is 36.9. The van der Waals surface area contributed by atoms with Crippen molar-refractivity contribution in [1.82, 2.24) is 4.57 Å². The van der Waals surface area contributed by atoms with Crippen molar-refractivity contribution in [3.05, 3.63) is 99.7 Å². The van der Waals surface area contributed by atoms with E-state index in [1.807, 2.05) is 48.7 Å². The maximum atomic E-state index is 15.2. The highest BCUT2D eigenvalue weighted by atomic mass is 19.1. The van der Waals surface area contributed by atoms with Gasteiger partial charge in [0.15, 0.2) is 0 Å². The van der Waals surface area contributed by atoms with Gasteiger partial charge in [0.2, 0.25) is 0 Å². The van der Waals surface area contributed by atoms with Crippen LogP contribution in [0.15, 0.2) is 54.6 Å². The lowest BCUT2D eigenvalue weighted by atomic mass is 10.0. The lowest BCUT2D eigenvalue weighted by molar-refractivity contribution is -0.137. The number of carboxylic acid groups (broad SMARTS) is 1. The monoisotopic (exact) mass is 571 g/mol. The van der Waals surface area contributed by atoms with Gasteiger partial charge in [0.05, 0.1) is 12.1 Å². The van der Waals surface area contributed by atoms with Gasteiger partial charge in [0.1, 0.15) is 17.4 Å². The molecule has 4 aromatic rings. The van der Waals surface area contributed by atoms with Crippen LogP contribution in [-0.4, -0.2) is 22.2 Å². The van der Waals surface area contributed by atoms with E-state index in [1.165, 1.54) is 12.1 Å². The van der Waals surface area contributed by atoms with Crippen molar-refractivity contribution in [2.24, 2.45) is 0 Å². The van der Waals surface area contributed by atoms with Gasteiger partial charge in [-0.15, -0.1) is 0 Å². The Hall–Kier alpha value is -4.11. The van der Waals surface area contributed by atoms with Crippen LogP contribution in [0.25, 0.3) is 10.9 Å². The number of rotatable bonds is 13. The van der Waals surface area contributed by atoms with Gasteiger partial charge in [0, 0.05) is 35.2 Å². The van der Waals surface area contributed by atoms with Gasteiger partial charge < -0.3 is 14.4 Å². The molecule has 0 fully saturated rings. The molecule has 0 aliphatic heterocycles. The lowest BCUT2D eigenvalue weighted by Gasteiger charge is -2.09. The van der Waals surface area contributed by atoms with E-state index in [9.17, 15) is 9.18 Å². The maximum absolute atomic E-state index is 15.2. The van der Waals surface area contributed by atoms with Gasteiger partial charge in [-0.3, -0.25) is 4.79 Å². The average Bonchev–Trinajstić information content (AvgIpc) is 3.25. The Balaban J connectivity index is 1.46. The Labute approximate surface area is 247 Å². The Morgan fingerprint density at radius 3 is 2.43 bits per heavy atom. The van der Waals surface area contributed by atoms with Crippen LogP contribution in [0.5, 0.6) is 5.75 Å². The van der Waals surface area contributed by atoms with E-state index >= 15 is 4.39 Å². The molecule has 0 saturated carbocycles. The molecule has 0 unspecified atom stereocenters. The first kappa shape index (κ1) is 30.8. The van der Waals surface area contributed by atoms with Crippen molar-refractivity contribution in [3.63, 3.8) is 0 Å². The summed E-state index contributed by atoms with van der Waals surface area (Å²) in [7, 11) is 0. The van der Waals surface area contributed by atoms with E-state index in [0.29, 0.717) is 25.0 Å². The minimum absolute atomic E-state index is 0.0564. The Bertz CT molecular complexity index is 1590. The zero-order chi connectivity index (χ0) is 30.1. The standard InChI is InChI=1S/C36H39F2NO3/c1-4-5-12-31-26(3)39(23-9-14-34(40)41)36-29(19-22-33(38)35(31)36)18-15-27-16-20-30(21-17-27)42-24-7-6-10-28-11-8-13-32(37)25(28)2/h8,11,13,16-17,19-22H,4-7,9-10,12,14,23-24H2,1-3H3,(H,40,41). The van der Waals surface area contributed by atoms with E-state index in [-0.39, 0.29) is 18.1 Å². The number of aryl methyl sites for hydroxylation is 3. The summed E-state index contributed by atoms with van der Waals surface area (Å²) in [5.74, 6) is 5.95. The third-order valence-electron chi connectivity index (χ3n) is 7.78. The zero-order valence-corrected chi connectivity index (χ0v) is 24.7. The van der Waals surface area contributed by atoms with Crippen LogP contribution in [0.1, 0.15) is 79.0 Å². The van der Waals surface area contributed by atoms with Gasteiger partial charge >= 0.3 is 5.97 Å². The summed E-state index contributed by atoms with van der Waals surface area (Å²) in [5, 5.41) is 9.74. The molecular weight excluding hydrogens is 532 g/mol. The highest BCUT2D eigenvalue weighted by Crippen LogP contribution is 2.32. The highest BCUT2D eigenvalue weighted by Gasteiger charge is 2.19. The molecule has 4 nitrogen and oxygen atoms in total. The van der Waals surface area contributed by atoms with Crippen LogP contribution in [0.3, 0.4) is 0 Å². The molecule has 220 valence electrons. The maximum Gasteiger partial charge on any atom is 0.303 e. The first-order valence-corrected chi connectivity index (χ1v) is 14.8. The minimum Gasteiger partial charge on any atom is -0.494 e. The normalized spacial score (nSPS) is 11.0. The molecule has 0 aliphatic rings. The number of carbonyl (C=O) groups is 1. The third-order valence-corrected chi connectivity index (χ3v) is 7.78. The summed E-state index contributed by atoms with van der Waals surface area (Å²) in [6.45, 7) is 6.99. The van der Waals surface area contributed by atoms with E-state index in [4.69, 9.17) is 9.84 Å². The van der Waals surface area contributed by atoms with Gasteiger partial charge in [-0.05, 0) is 112 Å². The number of halogens is 2. The van der Waals surface area contributed by atoms with Crippen LogP contribution in [0.2, 0.25) is 0 Å². The molecule has 0 saturated heterocycles. The molecule has 1 heterocycles. The summed E-state index contributed by atoms with van der Waals surface area (Å²) in [6, 6.07) is 16.0. The van der Waals surface area contributed by atoms with Gasteiger partial charge in [-0.1, -0.05) is 37.3 Å². The van der Waals surface area contributed by atoms with Crippen molar-refractivity contribution in [1.29, 1.82) is 0 Å². The molecule has 4 rings (SSSR count). The van der Waals surface area contributed by atoms with Gasteiger partial charge in [-0.25, -0.2) is 8.78 Å². The molecule has 0 atom stereocenters. The van der Waals surface area contributed by atoms with Crippen molar-refractivity contribution < 1.29 is 23.4 Å². The smallest absolute Gasteiger partial charge is 0.303 e. The van der Waals surface area contributed by atoms with E-state index in [0.717, 1.165) is 83.3 Å². The fourth-order valence-electron chi connectivity index (χ4n) is 5.38. The second kappa shape index (κ2) is 14.7. The summed E-state index contributed by atoms with van der Waals surface area (Å²) >= 11 is 0. The topological polar surface area (TPSA) is 51.5 Å². The summed E-state index contributed by atoms with van der Waals surface area (Å²) in [5.41, 5.74) is 5.99. The Morgan fingerprint density at radius 1 is 0.905 bits per heavy atom. The number of aliphatic carboxylic acids is 1. The Kier molecular flexibility index (Phi) is 10.8. The number of hydrogen-bond donors (Lipinski definition) is 1. The molecule has 0 aliphatic carbocycles.